The highest BCUT2D eigenvalue weighted by molar-refractivity contribution is 5.22. The van der Waals surface area contributed by atoms with E-state index in [1.165, 1.54) is 0 Å². The molecule has 0 fully saturated rings. The molecule has 0 amide bonds. The molecule has 78 valence electrons. The number of hydrogen-bond donors (Lipinski definition) is 1. The van der Waals surface area contributed by atoms with Gasteiger partial charge in [0.05, 0.1) is 0 Å². The normalized spacial score (nSPS) is 12.9. The molecule has 1 aromatic rings. The van der Waals surface area contributed by atoms with Crippen LogP contribution in [0.1, 0.15) is 24.8 Å². The maximum absolute atomic E-state index is 12.8. The smallest absolute Gasteiger partial charge is 0.194 e. The van der Waals surface area contributed by atoms with Crippen LogP contribution in [0, 0.1) is 17.5 Å². The average Bonchev–Trinajstić information content (AvgIpc) is 2.13. The number of nitrogens with two attached hydrogens (primary N) is 1. The molecule has 0 aliphatic rings. The summed E-state index contributed by atoms with van der Waals surface area (Å²) >= 11 is 0. The zero-order valence-electron chi connectivity index (χ0n) is 7.86. The fraction of sp³-hybridized carbons (Fsp3) is 0.400. The number of benzene rings is 1. The molecule has 0 aliphatic heterocycles. The molecule has 0 aliphatic carbocycles. The maximum atomic E-state index is 12.8. The summed E-state index contributed by atoms with van der Waals surface area (Å²) in [7, 11) is 0. The van der Waals surface area contributed by atoms with Gasteiger partial charge in [0.1, 0.15) is 0 Å². The second-order valence-electron chi connectivity index (χ2n) is 3.28. The van der Waals surface area contributed by atoms with Crippen LogP contribution in [-0.2, 0) is 0 Å². The van der Waals surface area contributed by atoms with Gasteiger partial charge in [0.25, 0.3) is 0 Å². The van der Waals surface area contributed by atoms with Crippen LogP contribution in [0.3, 0.4) is 0 Å². The Bertz CT molecular complexity index is 302. The molecule has 14 heavy (non-hydrogen) atoms. The highest BCUT2D eigenvalue weighted by Crippen LogP contribution is 2.22. The Balaban J connectivity index is 3.00. The van der Waals surface area contributed by atoms with Gasteiger partial charge in [-0.2, -0.15) is 0 Å². The number of hydrogen-bond acceptors (Lipinski definition) is 1. The van der Waals surface area contributed by atoms with Crippen molar-refractivity contribution in [1.82, 2.24) is 0 Å². The van der Waals surface area contributed by atoms with Crippen LogP contribution in [0.25, 0.3) is 0 Å². The van der Waals surface area contributed by atoms with E-state index in [9.17, 15) is 13.2 Å². The molecule has 0 aromatic heterocycles. The van der Waals surface area contributed by atoms with Crippen molar-refractivity contribution in [3.05, 3.63) is 35.1 Å². The minimum Gasteiger partial charge on any atom is -0.330 e. The van der Waals surface area contributed by atoms with Crippen molar-refractivity contribution in [1.29, 1.82) is 0 Å². The lowest BCUT2D eigenvalue weighted by atomic mass is 9.97. The van der Waals surface area contributed by atoms with Crippen molar-refractivity contribution in [3.63, 3.8) is 0 Å². The Hall–Kier alpha value is -1.03. The molecule has 0 radical (unpaired) electrons. The quantitative estimate of drug-likeness (QED) is 0.750. The van der Waals surface area contributed by atoms with Gasteiger partial charge in [-0.3, -0.25) is 0 Å². The average molecular weight is 203 g/mol. The van der Waals surface area contributed by atoms with Crippen LogP contribution >= 0.6 is 0 Å². The minimum absolute atomic E-state index is 0.0652. The van der Waals surface area contributed by atoms with Gasteiger partial charge in [0, 0.05) is 0 Å². The van der Waals surface area contributed by atoms with Crippen molar-refractivity contribution in [2.75, 3.05) is 6.54 Å². The van der Waals surface area contributed by atoms with Crippen molar-refractivity contribution >= 4 is 0 Å². The van der Waals surface area contributed by atoms with E-state index in [4.69, 9.17) is 5.73 Å². The van der Waals surface area contributed by atoms with Gasteiger partial charge < -0.3 is 5.73 Å². The maximum Gasteiger partial charge on any atom is 0.194 e. The summed E-state index contributed by atoms with van der Waals surface area (Å²) in [6, 6.07) is 2.03. The molecule has 1 nitrogen and oxygen atoms in total. The summed E-state index contributed by atoms with van der Waals surface area (Å²) in [5.74, 6) is -3.79. The van der Waals surface area contributed by atoms with E-state index in [0.717, 1.165) is 12.1 Å². The zero-order valence-corrected chi connectivity index (χ0v) is 7.86. The second kappa shape index (κ2) is 4.46. The van der Waals surface area contributed by atoms with Crippen LogP contribution in [0.5, 0.6) is 0 Å². The Morgan fingerprint density at radius 1 is 1.21 bits per heavy atom. The lowest BCUT2D eigenvalue weighted by Gasteiger charge is -2.10. The van der Waals surface area contributed by atoms with Gasteiger partial charge in [0.15, 0.2) is 17.5 Å². The first-order valence-corrected chi connectivity index (χ1v) is 4.40. The standard InChI is InChI=1S/C10H12F3N/c1-6(2-3-14)7-4-8(11)10(13)9(12)5-7/h4-6H,2-3,14H2,1H3. The Labute approximate surface area is 80.7 Å². The van der Waals surface area contributed by atoms with E-state index in [-0.39, 0.29) is 5.92 Å². The van der Waals surface area contributed by atoms with Crippen LogP contribution < -0.4 is 5.73 Å². The van der Waals surface area contributed by atoms with E-state index >= 15 is 0 Å². The predicted molar refractivity (Wildman–Crippen MR) is 48.4 cm³/mol. The van der Waals surface area contributed by atoms with Crippen molar-refractivity contribution in [3.8, 4) is 0 Å². The molecule has 1 aromatic carbocycles. The summed E-state index contributed by atoms with van der Waals surface area (Å²) in [5.41, 5.74) is 5.75. The zero-order chi connectivity index (χ0) is 10.7. The van der Waals surface area contributed by atoms with Crippen molar-refractivity contribution in [2.24, 2.45) is 5.73 Å². The fourth-order valence-corrected chi connectivity index (χ4v) is 1.28. The molecule has 0 saturated carbocycles. The summed E-state index contributed by atoms with van der Waals surface area (Å²) in [6.07, 6.45) is 0.616. The van der Waals surface area contributed by atoms with Crippen LogP contribution in [0.15, 0.2) is 12.1 Å². The fourth-order valence-electron chi connectivity index (χ4n) is 1.28. The first-order valence-electron chi connectivity index (χ1n) is 4.40. The van der Waals surface area contributed by atoms with E-state index in [0.29, 0.717) is 18.5 Å². The summed E-state index contributed by atoms with van der Waals surface area (Å²) < 4.78 is 38.2. The molecular formula is C10H12F3N. The first kappa shape index (κ1) is 11.0. The molecule has 1 rings (SSSR count). The van der Waals surface area contributed by atoms with Crippen LogP contribution in [-0.4, -0.2) is 6.54 Å². The first-order chi connectivity index (χ1) is 6.56. The van der Waals surface area contributed by atoms with E-state index < -0.39 is 17.5 Å². The number of halogens is 3. The van der Waals surface area contributed by atoms with E-state index in [2.05, 4.69) is 0 Å². The largest absolute Gasteiger partial charge is 0.330 e. The molecule has 0 heterocycles. The summed E-state index contributed by atoms with van der Waals surface area (Å²) in [4.78, 5) is 0. The van der Waals surface area contributed by atoms with Gasteiger partial charge in [-0.25, -0.2) is 13.2 Å². The lowest BCUT2D eigenvalue weighted by Crippen LogP contribution is -2.06. The molecule has 1 atom stereocenters. The van der Waals surface area contributed by atoms with Gasteiger partial charge in [-0.15, -0.1) is 0 Å². The van der Waals surface area contributed by atoms with Crippen LogP contribution in [0.2, 0.25) is 0 Å². The Kier molecular flexibility index (Phi) is 3.52. The second-order valence-corrected chi connectivity index (χ2v) is 3.28. The molecular weight excluding hydrogens is 191 g/mol. The highest BCUT2D eigenvalue weighted by atomic mass is 19.2. The Morgan fingerprint density at radius 2 is 1.71 bits per heavy atom. The topological polar surface area (TPSA) is 26.0 Å². The van der Waals surface area contributed by atoms with Gasteiger partial charge in [0.2, 0.25) is 0 Å². The Morgan fingerprint density at radius 3 is 2.14 bits per heavy atom. The van der Waals surface area contributed by atoms with E-state index in [1.54, 1.807) is 6.92 Å². The lowest BCUT2D eigenvalue weighted by molar-refractivity contribution is 0.443. The molecule has 2 N–H and O–H groups in total. The molecule has 0 spiro atoms. The number of rotatable bonds is 3. The monoisotopic (exact) mass is 203 g/mol. The molecule has 0 saturated heterocycles. The molecule has 4 heteroatoms. The SMILES string of the molecule is CC(CCN)c1cc(F)c(F)c(F)c1. The molecule has 0 bridgehead atoms. The summed E-state index contributed by atoms with van der Waals surface area (Å²) in [5, 5.41) is 0. The van der Waals surface area contributed by atoms with E-state index in [1.807, 2.05) is 0 Å². The van der Waals surface area contributed by atoms with Crippen LogP contribution in [0.4, 0.5) is 13.2 Å². The summed E-state index contributed by atoms with van der Waals surface area (Å²) in [6.45, 7) is 2.22. The predicted octanol–water partition coefficient (Wildman–Crippen LogP) is 2.56. The van der Waals surface area contributed by atoms with Crippen molar-refractivity contribution in [2.45, 2.75) is 19.3 Å². The third-order valence-corrected chi connectivity index (χ3v) is 2.17. The minimum atomic E-state index is -1.42. The molecule has 1 unspecified atom stereocenters. The third-order valence-electron chi connectivity index (χ3n) is 2.17. The van der Waals surface area contributed by atoms with Crippen molar-refractivity contribution < 1.29 is 13.2 Å². The van der Waals surface area contributed by atoms with Gasteiger partial charge in [-0.1, -0.05) is 6.92 Å². The highest BCUT2D eigenvalue weighted by Gasteiger charge is 2.13. The van der Waals surface area contributed by atoms with Gasteiger partial charge in [-0.05, 0) is 36.6 Å². The third kappa shape index (κ3) is 2.26. The van der Waals surface area contributed by atoms with Gasteiger partial charge >= 0.3 is 0 Å².